The van der Waals surface area contributed by atoms with Crippen LogP contribution in [0.5, 0.6) is 0 Å². The summed E-state index contributed by atoms with van der Waals surface area (Å²) in [4.78, 5) is 2.51. The number of benzene rings is 7. The van der Waals surface area contributed by atoms with Crippen LogP contribution >= 0.6 is 0 Å². The van der Waals surface area contributed by atoms with Crippen LogP contribution in [0.1, 0.15) is 63.1 Å². The van der Waals surface area contributed by atoms with Gasteiger partial charge in [0.1, 0.15) is 0 Å². The predicted octanol–water partition coefficient (Wildman–Crippen LogP) is 13.3. The van der Waals surface area contributed by atoms with Crippen LogP contribution in [0.4, 0.5) is 17.1 Å². The Labute approximate surface area is 284 Å². The maximum atomic E-state index is 2.51. The first-order chi connectivity index (χ1) is 23.4. The first-order valence-electron chi connectivity index (χ1n) is 17.6. The normalized spacial score (nSPS) is 14.8. The smallest absolute Gasteiger partial charge is 0.0546 e. The first kappa shape index (κ1) is 29.0. The number of hydrogen-bond donors (Lipinski definition) is 0. The molecule has 2 aliphatic rings. The van der Waals surface area contributed by atoms with Gasteiger partial charge in [0, 0.05) is 22.4 Å². The van der Waals surface area contributed by atoms with Crippen LogP contribution in [0.2, 0.25) is 0 Å². The van der Waals surface area contributed by atoms with E-state index in [1.165, 1.54) is 103 Å². The zero-order valence-electron chi connectivity index (χ0n) is 28.1. The Morgan fingerprint density at radius 2 is 1.10 bits per heavy atom. The van der Waals surface area contributed by atoms with Crippen molar-refractivity contribution in [1.29, 1.82) is 0 Å². The molecule has 0 amide bonds. The molecule has 0 radical (unpaired) electrons. The van der Waals surface area contributed by atoms with E-state index in [0.29, 0.717) is 0 Å². The lowest BCUT2D eigenvalue weighted by Gasteiger charge is -2.31. The van der Waals surface area contributed by atoms with Crippen LogP contribution in [0, 0.1) is 0 Å². The summed E-state index contributed by atoms with van der Waals surface area (Å²) >= 11 is 0. The second-order valence-electron chi connectivity index (χ2n) is 14.9. The number of fused-ring (bicyclic) bond motifs is 7. The largest absolute Gasteiger partial charge is 0.310 e. The number of nitrogens with zero attached hydrogens (tertiary/aromatic N) is 1. The van der Waals surface area contributed by atoms with Gasteiger partial charge in [-0.15, -0.1) is 0 Å². The van der Waals surface area contributed by atoms with Crippen molar-refractivity contribution in [2.75, 3.05) is 4.90 Å². The van der Waals surface area contributed by atoms with Gasteiger partial charge < -0.3 is 4.90 Å². The van der Waals surface area contributed by atoms with E-state index < -0.39 is 0 Å². The van der Waals surface area contributed by atoms with E-state index in [4.69, 9.17) is 0 Å². The molecule has 0 N–H and O–H groups in total. The van der Waals surface area contributed by atoms with Gasteiger partial charge in [-0.1, -0.05) is 149 Å². The summed E-state index contributed by atoms with van der Waals surface area (Å²) in [7, 11) is 0. The van der Waals surface area contributed by atoms with E-state index in [2.05, 4.69) is 171 Å². The van der Waals surface area contributed by atoms with Gasteiger partial charge in [-0.2, -0.15) is 0 Å². The molecule has 9 rings (SSSR count). The molecule has 7 aromatic rings. The molecule has 234 valence electrons. The van der Waals surface area contributed by atoms with Crippen LogP contribution in [0.25, 0.3) is 43.8 Å². The molecule has 0 bridgehead atoms. The lowest BCUT2D eigenvalue weighted by Crippen LogP contribution is -2.20. The van der Waals surface area contributed by atoms with Gasteiger partial charge in [0.15, 0.2) is 0 Å². The maximum Gasteiger partial charge on any atom is 0.0546 e. The van der Waals surface area contributed by atoms with Crippen molar-refractivity contribution in [2.45, 2.75) is 57.3 Å². The van der Waals surface area contributed by atoms with Crippen LogP contribution in [-0.4, -0.2) is 0 Å². The van der Waals surface area contributed by atoms with E-state index in [9.17, 15) is 0 Å². The summed E-state index contributed by atoms with van der Waals surface area (Å²) in [6, 6.07) is 54.8. The van der Waals surface area contributed by atoms with Crippen molar-refractivity contribution in [3.63, 3.8) is 0 Å². The highest BCUT2D eigenvalue weighted by Gasteiger charge is 2.45. The van der Waals surface area contributed by atoms with Gasteiger partial charge in [0.25, 0.3) is 0 Å². The van der Waals surface area contributed by atoms with Gasteiger partial charge in [-0.3, -0.25) is 0 Å². The lowest BCUT2D eigenvalue weighted by molar-refractivity contribution is 0.550. The van der Waals surface area contributed by atoms with Gasteiger partial charge in [-0.25, -0.2) is 0 Å². The summed E-state index contributed by atoms with van der Waals surface area (Å²) in [5.41, 5.74) is 13.5. The standard InChI is InChI=1S/C47H41N/c1-46(2,3)34-22-24-35(25-23-34)48(36-26-27-43-41(31-36)39-18-8-9-20-42(39)47(43)29-10-11-30-47)44-28-21-33-14-5-7-17-38(33)45(44)40-19-12-15-32-13-4-6-16-37(32)40/h4-9,12-28,31H,10-11,29-30H2,1-3H3. The van der Waals surface area contributed by atoms with Crippen molar-refractivity contribution in [3.8, 4) is 22.3 Å². The molecule has 0 unspecified atom stereocenters. The van der Waals surface area contributed by atoms with Gasteiger partial charge in [0.05, 0.1) is 5.69 Å². The fourth-order valence-electron chi connectivity index (χ4n) is 8.82. The van der Waals surface area contributed by atoms with Crippen molar-refractivity contribution in [2.24, 2.45) is 0 Å². The van der Waals surface area contributed by atoms with Crippen molar-refractivity contribution < 1.29 is 0 Å². The zero-order valence-corrected chi connectivity index (χ0v) is 28.1. The van der Waals surface area contributed by atoms with Crippen LogP contribution in [0.15, 0.2) is 146 Å². The molecule has 1 fully saturated rings. The highest BCUT2D eigenvalue weighted by Crippen LogP contribution is 2.58. The van der Waals surface area contributed by atoms with E-state index in [1.807, 2.05) is 0 Å². The zero-order chi connectivity index (χ0) is 32.5. The van der Waals surface area contributed by atoms with E-state index >= 15 is 0 Å². The number of anilines is 3. The Kier molecular flexibility index (Phi) is 6.63. The third kappa shape index (κ3) is 4.44. The second-order valence-corrected chi connectivity index (χ2v) is 14.9. The van der Waals surface area contributed by atoms with Crippen LogP contribution in [-0.2, 0) is 10.8 Å². The SMILES string of the molecule is CC(C)(C)c1ccc(N(c2ccc3c(c2)-c2ccccc2C32CCCC2)c2ccc3ccccc3c2-c2cccc3ccccc23)cc1. The van der Waals surface area contributed by atoms with Gasteiger partial charge >= 0.3 is 0 Å². The van der Waals surface area contributed by atoms with Gasteiger partial charge in [0.2, 0.25) is 0 Å². The Morgan fingerprint density at radius 1 is 0.500 bits per heavy atom. The lowest BCUT2D eigenvalue weighted by atomic mass is 9.77. The quantitative estimate of drug-likeness (QED) is 0.189. The molecule has 1 saturated carbocycles. The van der Waals surface area contributed by atoms with E-state index in [-0.39, 0.29) is 10.8 Å². The molecule has 0 saturated heterocycles. The summed E-state index contributed by atoms with van der Waals surface area (Å²) in [6.45, 7) is 6.87. The fourth-order valence-corrected chi connectivity index (χ4v) is 8.82. The molecular formula is C47H41N. The molecule has 1 heteroatoms. The predicted molar refractivity (Wildman–Crippen MR) is 205 cm³/mol. The van der Waals surface area contributed by atoms with Crippen LogP contribution in [0.3, 0.4) is 0 Å². The summed E-state index contributed by atoms with van der Waals surface area (Å²) in [6.07, 6.45) is 5.08. The first-order valence-corrected chi connectivity index (χ1v) is 17.6. The van der Waals surface area contributed by atoms with E-state index in [0.717, 1.165) is 0 Å². The fraction of sp³-hybridized carbons (Fsp3) is 0.191. The minimum absolute atomic E-state index is 0.0767. The average Bonchev–Trinajstić information content (AvgIpc) is 3.72. The maximum absolute atomic E-state index is 2.51. The Hall–Kier alpha value is -5.14. The molecule has 2 aliphatic carbocycles. The average molecular weight is 620 g/mol. The molecule has 0 aliphatic heterocycles. The molecular weight excluding hydrogens is 579 g/mol. The molecule has 0 atom stereocenters. The highest BCUT2D eigenvalue weighted by atomic mass is 15.1. The Bertz CT molecular complexity index is 2320. The van der Waals surface area contributed by atoms with Crippen molar-refractivity contribution in [1.82, 2.24) is 0 Å². The molecule has 7 aromatic carbocycles. The third-order valence-electron chi connectivity index (χ3n) is 11.2. The Morgan fingerprint density at radius 3 is 1.88 bits per heavy atom. The molecule has 0 aromatic heterocycles. The molecule has 1 spiro atoms. The number of rotatable bonds is 4. The Balaban J connectivity index is 1.33. The highest BCUT2D eigenvalue weighted by molar-refractivity contribution is 6.11. The topological polar surface area (TPSA) is 3.24 Å². The molecule has 0 heterocycles. The van der Waals surface area contributed by atoms with Crippen LogP contribution < -0.4 is 4.90 Å². The third-order valence-corrected chi connectivity index (χ3v) is 11.2. The summed E-state index contributed by atoms with van der Waals surface area (Å²) in [5, 5.41) is 5.04. The van der Waals surface area contributed by atoms with Gasteiger partial charge in [-0.05, 0) is 104 Å². The summed E-state index contributed by atoms with van der Waals surface area (Å²) < 4.78 is 0. The second kappa shape index (κ2) is 11.0. The molecule has 48 heavy (non-hydrogen) atoms. The number of hydrogen-bond acceptors (Lipinski definition) is 1. The van der Waals surface area contributed by atoms with Crippen molar-refractivity contribution in [3.05, 3.63) is 162 Å². The van der Waals surface area contributed by atoms with Crippen molar-refractivity contribution >= 4 is 38.6 Å². The minimum Gasteiger partial charge on any atom is -0.310 e. The molecule has 1 nitrogen and oxygen atoms in total. The minimum atomic E-state index is 0.0767. The monoisotopic (exact) mass is 619 g/mol. The summed E-state index contributed by atoms with van der Waals surface area (Å²) in [5.74, 6) is 0. The van der Waals surface area contributed by atoms with E-state index in [1.54, 1.807) is 0 Å².